The Morgan fingerprint density at radius 3 is 2.31 bits per heavy atom. The van der Waals surface area contributed by atoms with Crippen molar-refractivity contribution in [2.45, 2.75) is 116 Å². The lowest BCUT2D eigenvalue weighted by Gasteiger charge is -2.34. The second-order valence-corrected chi connectivity index (χ2v) is 14.3. The molecular formula is C31H45F2N3O2S. The van der Waals surface area contributed by atoms with Crippen LogP contribution in [-0.4, -0.2) is 34.4 Å². The number of rotatable bonds is 12. The second kappa shape index (κ2) is 11.8. The first-order chi connectivity index (χ1) is 18.2. The third-order valence-corrected chi connectivity index (χ3v) is 8.30. The van der Waals surface area contributed by atoms with E-state index in [0.29, 0.717) is 24.9 Å². The van der Waals surface area contributed by atoms with Crippen molar-refractivity contribution in [3.05, 3.63) is 62.9 Å². The molecule has 2 atom stereocenters. The van der Waals surface area contributed by atoms with Gasteiger partial charge in [0, 0.05) is 18.0 Å². The van der Waals surface area contributed by atoms with Gasteiger partial charge in [0.05, 0.1) is 23.4 Å². The molecule has 2 aliphatic carbocycles. The van der Waals surface area contributed by atoms with Gasteiger partial charge in [-0.2, -0.15) is 0 Å². The molecule has 3 N–H and O–H groups in total. The first-order valence-corrected chi connectivity index (χ1v) is 15.1. The molecular weight excluding hydrogens is 516 g/mol. The Labute approximate surface area is 236 Å². The Morgan fingerprint density at radius 1 is 1.10 bits per heavy atom. The molecule has 2 aromatic rings. The molecule has 2 aliphatic rings. The summed E-state index contributed by atoms with van der Waals surface area (Å²) in [5.74, 6) is -0.443. The summed E-state index contributed by atoms with van der Waals surface area (Å²) < 4.78 is 34.0. The number of benzene rings is 1. The molecule has 0 aliphatic heterocycles. The van der Waals surface area contributed by atoms with Crippen LogP contribution in [0.4, 0.5) is 8.78 Å². The third kappa shape index (κ3) is 8.73. The average Bonchev–Trinajstić information content (AvgIpc) is 3.41. The summed E-state index contributed by atoms with van der Waals surface area (Å²) in [7, 11) is 0. The number of allylic oxidation sites excluding steroid dienone is 1. The van der Waals surface area contributed by atoms with Crippen molar-refractivity contribution in [3.8, 4) is 0 Å². The molecule has 1 aromatic carbocycles. The average molecular weight is 562 g/mol. The highest BCUT2D eigenvalue weighted by Crippen LogP contribution is 2.47. The SMILES string of the molecule is CC(C)(C)Cc1csc(C2(NCC(O)C(CCc3cc(F)cc(F)c3)NC(OC(C)(C)C)=C3CCC3)CC2)n1. The van der Waals surface area contributed by atoms with Crippen LogP contribution in [0.2, 0.25) is 0 Å². The van der Waals surface area contributed by atoms with Crippen molar-refractivity contribution in [1.29, 1.82) is 0 Å². The minimum absolute atomic E-state index is 0.178. The third-order valence-electron chi connectivity index (χ3n) is 7.21. The van der Waals surface area contributed by atoms with Gasteiger partial charge in [0.25, 0.3) is 0 Å². The van der Waals surface area contributed by atoms with Gasteiger partial charge in [0.2, 0.25) is 0 Å². The number of aryl methyl sites for hydroxylation is 1. The van der Waals surface area contributed by atoms with Crippen LogP contribution in [0.15, 0.2) is 35.0 Å². The van der Waals surface area contributed by atoms with E-state index in [2.05, 4.69) is 36.8 Å². The lowest BCUT2D eigenvalue weighted by Crippen LogP contribution is -2.48. The number of ether oxygens (including phenoxy) is 1. The Bertz CT molecular complexity index is 1140. The van der Waals surface area contributed by atoms with Gasteiger partial charge in [-0.3, -0.25) is 0 Å². The summed E-state index contributed by atoms with van der Waals surface area (Å²) in [5.41, 5.74) is 2.51. The zero-order valence-corrected chi connectivity index (χ0v) is 25.1. The number of hydrogen-bond donors (Lipinski definition) is 3. The summed E-state index contributed by atoms with van der Waals surface area (Å²) in [6.45, 7) is 13.1. The van der Waals surface area contributed by atoms with Crippen LogP contribution in [0.5, 0.6) is 0 Å². The maximum atomic E-state index is 13.8. The number of nitrogens with one attached hydrogen (secondary N) is 2. The van der Waals surface area contributed by atoms with E-state index in [1.54, 1.807) is 11.3 Å². The van der Waals surface area contributed by atoms with Crippen molar-refractivity contribution in [2.75, 3.05) is 6.54 Å². The normalized spacial score (nSPS) is 18.3. The highest BCUT2D eigenvalue weighted by molar-refractivity contribution is 7.09. The van der Waals surface area contributed by atoms with Crippen LogP contribution in [0.1, 0.15) is 96.3 Å². The standard InChI is InChI=1S/C31H45F2N3O2S/c1-29(2,3)17-24-19-39-28(35-24)31(12-13-31)34-18-26(37)25(11-10-20-14-22(32)16-23(33)15-20)36-27(21-8-7-9-21)38-30(4,5)6/h14-16,19,25-26,34,36-37H,7-13,17-18H2,1-6H3. The first kappa shape index (κ1) is 29.9. The second-order valence-electron chi connectivity index (χ2n) is 13.5. The Morgan fingerprint density at radius 2 is 1.77 bits per heavy atom. The van der Waals surface area contributed by atoms with Crippen molar-refractivity contribution in [2.24, 2.45) is 5.41 Å². The zero-order chi connectivity index (χ0) is 28.4. The summed E-state index contributed by atoms with van der Waals surface area (Å²) in [4.78, 5) is 4.94. The summed E-state index contributed by atoms with van der Waals surface area (Å²) in [5, 5.41) is 21.8. The number of nitrogens with zero attached hydrogens (tertiary/aromatic N) is 1. The van der Waals surface area contributed by atoms with Gasteiger partial charge >= 0.3 is 0 Å². The molecule has 0 saturated heterocycles. The highest BCUT2D eigenvalue weighted by Gasteiger charge is 2.47. The maximum absolute atomic E-state index is 13.8. The molecule has 1 heterocycles. The molecule has 4 rings (SSSR count). The van der Waals surface area contributed by atoms with E-state index >= 15 is 0 Å². The number of hydrogen-bond acceptors (Lipinski definition) is 6. The Balaban J connectivity index is 1.47. The van der Waals surface area contributed by atoms with Gasteiger partial charge in [-0.25, -0.2) is 13.8 Å². The Kier molecular flexibility index (Phi) is 9.08. The molecule has 0 amide bonds. The summed E-state index contributed by atoms with van der Waals surface area (Å²) in [6, 6.07) is 3.24. The van der Waals surface area contributed by atoms with E-state index in [1.165, 1.54) is 17.7 Å². The van der Waals surface area contributed by atoms with Gasteiger partial charge in [0.15, 0.2) is 5.88 Å². The van der Waals surface area contributed by atoms with Crippen molar-refractivity contribution in [1.82, 2.24) is 15.6 Å². The van der Waals surface area contributed by atoms with Gasteiger partial charge in [-0.1, -0.05) is 20.8 Å². The number of aliphatic hydroxyl groups is 1. The topological polar surface area (TPSA) is 66.4 Å². The molecule has 2 unspecified atom stereocenters. The van der Waals surface area contributed by atoms with Crippen LogP contribution >= 0.6 is 11.3 Å². The highest BCUT2D eigenvalue weighted by atomic mass is 32.1. The molecule has 0 radical (unpaired) electrons. The minimum Gasteiger partial charge on any atom is -0.474 e. The van der Waals surface area contributed by atoms with Crippen LogP contribution in [0, 0.1) is 17.0 Å². The molecule has 0 spiro atoms. The quantitative estimate of drug-likeness (QED) is 0.250. The van der Waals surface area contributed by atoms with Gasteiger partial charge in [-0.05, 0) is 101 Å². The van der Waals surface area contributed by atoms with E-state index in [4.69, 9.17) is 9.72 Å². The van der Waals surface area contributed by atoms with E-state index in [-0.39, 0.29) is 17.0 Å². The van der Waals surface area contributed by atoms with Crippen molar-refractivity contribution < 1.29 is 18.6 Å². The van der Waals surface area contributed by atoms with Gasteiger partial charge in [-0.15, -0.1) is 11.3 Å². The predicted molar refractivity (Wildman–Crippen MR) is 154 cm³/mol. The summed E-state index contributed by atoms with van der Waals surface area (Å²) >= 11 is 1.69. The number of aromatic nitrogens is 1. The molecule has 5 nitrogen and oxygen atoms in total. The molecule has 216 valence electrons. The van der Waals surface area contributed by atoms with Gasteiger partial charge < -0.3 is 20.5 Å². The minimum atomic E-state index is -0.742. The van der Waals surface area contributed by atoms with Crippen LogP contribution in [0.3, 0.4) is 0 Å². The maximum Gasteiger partial charge on any atom is 0.186 e. The van der Waals surface area contributed by atoms with E-state index in [0.717, 1.165) is 61.2 Å². The van der Waals surface area contributed by atoms with Crippen LogP contribution in [0.25, 0.3) is 0 Å². The van der Waals surface area contributed by atoms with Gasteiger partial charge in [0.1, 0.15) is 22.2 Å². The molecule has 0 bridgehead atoms. The lowest BCUT2D eigenvalue weighted by molar-refractivity contribution is 0.0223. The largest absolute Gasteiger partial charge is 0.474 e. The van der Waals surface area contributed by atoms with E-state index < -0.39 is 23.3 Å². The summed E-state index contributed by atoms with van der Waals surface area (Å²) in [6.07, 6.45) is 6.16. The number of thiazole rings is 1. The van der Waals surface area contributed by atoms with Crippen LogP contribution in [-0.2, 0) is 23.1 Å². The molecule has 1 aromatic heterocycles. The number of aliphatic hydroxyl groups excluding tert-OH is 1. The molecule has 8 heteroatoms. The molecule has 39 heavy (non-hydrogen) atoms. The lowest BCUT2D eigenvalue weighted by atomic mass is 9.91. The smallest absolute Gasteiger partial charge is 0.186 e. The Hall–Kier alpha value is -2.03. The fourth-order valence-electron chi connectivity index (χ4n) is 4.88. The zero-order valence-electron chi connectivity index (χ0n) is 24.3. The van der Waals surface area contributed by atoms with Crippen molar-refractivity contribution >= 4 is 11.3 Å². The predicted octanol–water partition coefficient (Wildman–Crippen LogP) is 6.75. The molecule has 2 saturated carbocycles. The number of halogens is 2. The van der Waals surface area contributed by atoms with Crippen LogP contribution < -0.4 is 10.6 Å². The first-order valence-electron chi connectivity index (χ1n) is 14.2. The molecule has 2 fully saturated rings. The van der Waals surface area contributed by atoms with E-state index in [9.17, 15) is 13.9 Å². The van der Waals surface area contributed by atoms with Crippen molar-refractivity contribution in [3.63, 3.8) is 0 Å². The van der Waals surface area contributed by atoms with E-state index in [1.807, 2.05) is 20.8 Å². The monoisotopic (exact) mass is 561 g/mol. The fraction of sp³-hybridized carbons (Fsp3) is 0.645. The fourth-order valence-corrected chi connectivity index (χ4v) is 5.94.